The summed E-state index contributed by atoms with van der Waals surface area (Å²) < 4.78 is 41.1. The van der Waals surface area contributed by atoms with Gasteiger partial charge in [0.2, 0.25) is 5.95 Å². The summed E-state index contributed by atoms with van der Waals surface area (Å²) in [5.41, 5.74) is 3.34. The largest absolute Gasteiger partial charge is 0.421 e. The summed E-state index contributed by atoms with van der Waals surface area (Å²) in [6.07, 6.45) is 2.12. The molecule has 5 rings (SSSR count). The minimum Gasteiger partial charge on any atom is -0.373 e. The standard InChI is InChI=1S/C28H33F3N6/c1-18-4-9-25(23(14-18)21-6-7-21)35-27-34-16-24(28(29,30)31)26(36-27)33-11-3-13-37-17-22-8-5-20(10-12-32-22)15-19(37)2/h4,9,14,16,20-22,32H,2-3,5-8,11,13,15,17H2,1H3,(H2,33,34,35,36). The van der Waals surface area contributed by atoms with Gasteiger partial charge in [-0.25, -0.2) is 4.98 Å². The molecule has 9 heteroatoms. The summed E-state index contributed by atoms with van der Waals surface area (Å²) in [5.74, 6) is 3.99. The van der Waals surface area contributed by atoms with Crippen molar-refractivity contribution < 1.29 is 13.2 Å². The van der Waals surface area contributed by atoms with Crippen LogP contribution in [0.2, 0.25) is 0 Å². The number of nitrogens with one attached hydrogen (secondary N) is 3. The van der Waals surface area contributed by atoms with E-state index in [9.17, 15) is 13.2 Å². The van der Waals surface area contributed by atoms with Crippen molar-refractivity contribution in [2.75, 3.05) is 30.3 Å². The Balaban J connectivity index is 1.25. The molecule has 0 radical (unpaired) electrons. The summed E-state index contributed by atoms with van der Waals surface area (Å²) in [5, 5.41) is 9.36. The molecule has 37 heavy (non-hydrogen) atoms. The molecule has 3 heterocycles. The van der Waals surface area contributed by atoms with Crippen LogP contribution in [0.25, 0.3) is 0 Å². The summed E-state index contributed by atoms with van der Waals surface area (Å²) in [4.78, 5) is 10.5. The van der Waals surface area contributed by atoms with Gasteiger partial charge in [0.15, 0.2) is 0 Å². The third-order valence-corrected chi connectivity index (χ3v) is 7.25. The highest BCUT2D eigenvalue weighted by Gasteiger charge is 2.35. The van der Waals surface area contributed by atoms with Gasteiger partial charge in [-0.05, 0) is 56.6 Å². The normalized spacial score (nSPS) is 21.3. The highest BCUT2D eigenvalue weighted by molar-refractivity contribution is 5.62. The van der Waals surface area contributed by atoms with Gasteiger partial charge in [0.25, 0.3) is 0 Å². The molecule has 6 nitrogen and oxygen atoms in total. The molecule has 1 saturated heterocycles. The number of halogens is 3. The van der Waals surface area contributed by atoms with Crippen LogP contribution in [0.4, 0.5) is 30.6 Å². The van der Waals surface area contributed by atoms with E-state index in [1.165, 1.54) is 0 Å². The van der Waals surface area contributed by atoms with Gasteiger partial charge in [-0.3, -0.25) is 0 Å². The number of aromatic nitrogens is 2. The van der Waals surface area contributed by atoms with Crippen molar-refractivity contribution >= 4 is 17.5 Å². The fourth-order valence-electron chi connectivity index (χ4n) is 5.05. The van der Waals surface area contributed by atoms with Crippen LogP contribution < -0.4 is 16.0 Å². The lowest BCUT2D eigenvalue weighted by molar-refractivity contribution is -0.137. The van der Waals surface area contributed by atoms with Gasteiger partial charge in [-0.2, -0.15) is 18.2 Å². The number of nitrogens with zero attached hydrogens (tertiary/aromatic N) is 3. The Kier molecular flexibility index (Phi) is 7.18. The number of aryl methyl sites for hydroxylation is 1. The quantitative estimate of drug-likeness (QED) is 0.309. The minimum absolute atomic E-state index is 0.150. The molecule has 3 N–H and O–H groups in total. The molecule has 1 aromatic carbocycles. The first-order valence-electron chi connectivity index (χ1n) is 13.0. The van der Waals surface area contributed by atoms with Crippen molar-refractivity contribution in [2.45, 2.75) is 63.6 Å². The topological polar surface area (TPSA) is 65.1 Å². The average Bonchev–Trinajstić information content (AvgIpc) is 3.69. The second-order valence-corrected chi connectivity index (χ2v) is 10.3. The maximum absolute atomic E-state index is 13.7. The monoisotopic (exact) mass is 510 g/mol. The van der Waals surface area contributed by atoms with Crippen LogP contribution in [-0.2, 0) is 6.18 Å². The van der Waals surface area contributed by atoms with E-state index in [-0.39, 0.29) is 17.8 Å². The summed E-state index contributed by atoms with van der Waals surface area (Å²) in [6.45, 7) is 8.13. The van der Waals surface area contributed by atoms with E-state index >= 15 is 0 Å². The van der Waals surface area contributed by atoms with Gasteiger partial charge in [-0.15, -0.1) is 0 Å². The van der Waals surface area contributed by atoms with Crippen LogP contribution in [0.1, 0.15) is 61.1 Å². The Bertz CT molecular complexity index is 1210. The van der Waals surface area contributed by atoms with E-state index in [0.29, 0.717) is 31.3 Å². The fourth-order valence-corrected chi connectivity index (χ4v) is 5.05. The molecule has 2 aromatic rings. The molecule has 2 atom stereocenters. The smallest absolute Gasteiger partial charge is 0.373 e. The first-order valence-corrected chi connectivity index (χ1v) is 13.0. The minimum atomic E-state index is -4.55. The summed E-state index contributed by atoms with van der Waals surface area (Å²) in [6, 6.07) is 9.39. The summed E-state index contributed by atoms with van der Waals surface area (Å²) >= 11 is 0. The first-order chi connectivity index (χ1) is 17.8. The SMILES string of the molecule is C=C1CC2C#CNC(CC2)CN1CCCNc1nc(Nc2ccc(C)cc2C2CC2)ncc1C(F)(F)F. The third kappa shape index (κ3) is 6.30. The van der Waals surface area contributed by atoms with Crippen molar-refractivity contribution in [1.29, 1.82) is 0 Å². The molecule has 2 bridgehead atoms. The van der Waals surface area contributed by atoms with Crippen molar-refractivity contribution in [3.05, 3.63) is 53.4 Å². The maximum atomic E-state index is 13.7. The molecule has 3 aliphatic rings. The van der Waals surface area contributed by atoms with Gasteiger partial charge in [0.1, 0.15) is 11.4 Å². The number of fused-ring (bicyclic) bond motifs is 3. The van der Waals surface area contributed by atoms with Crippen LogP contribution >= 0.6 is 0 Å². The molecule has 2 unspecified atom stereocenters. The van der Waals surface area contributed by atoms with Crippen LogP contribution in [-0.4, -0.2) is 40.5 Å². The first kappa shape index (κ1) is 25.2. The molecular formula is C28H33F3N6. The fraction of sp³-hybridized carbons (Fsp3) is 0.500. The van der Waals surface area contributed by atoms with E-state index in [4.69, 9.17) is 0 Å². The van der Waals surface area contributed by atoms with E-state index in [2.05, 4.69) is 55.4 Å². The van der Waals surface area contributed by atoms with E-state index in [0.717, 1.165) is 67.4 Å². The lowest BCUT2D eigenvalue weighted by Crippen LogP contribution is -2.40. The number of likely N-dealkylation sites (tertiary alicyclic amines) is 1. The molecule has 0 amide bonds. The molecule has 2 aliphatic heterocycles. The van der Waals surface area contributed by atoms with Crippen LogP contribution in [0, 0.1) is 24.8 Å². The Morgan fingerprint density at radius 2 is 2.05 bits per heavy atom. The van der Waals surface area contributed by atoms with Gasteiger partial charge in [0, 0.05) is 55.6 Å². The van der Waals surface area contributed by atoms with Crippen molar-refractivity contribution in [1.82, 2.24) is 20.2 Å². The zero-order chi connectivity index (χ0) is 26.0. The van der Waals surface area contributed by atoms with Gasteiger partial charge < -0.3 is 20.9 Å². The Morgan fingerprint density at radius 1 is 1.22 bits per heavy atom. The van der Waals surface area contributed by atoms with E-state index in [1.807, 2.05) is 19.1 Å². The number of allylic oxidation sites excluding steroid dienone is 1. The molecule has 1 aliphatic carbocycles. The predicted octanol–water partition coefficient (Wildman–Crippen LogP) is 5.78. The van der Waals surface area contributed by atoms with E-state index in [1.54, 1.807) is 0 Å². The van der Waals surface area contributed by atoms with Crippen LogP contribution in [0.5, 0.6) is 0 Å². The van der Waals surface area contributed by atoms with Gasteiger partial charge >= 0.3 is 6.18 Å². The maximum Gasteiger partial charge on any atom is 0.421 e. The highest BCUT2D eigenvalue weighted by Crippen LogP contribution is 2.44. The third-order valence-electron chi connectivity index (χ3n) is 7.25. The zero-order valence-electron chi connectivity index (χ0n) is 21.1. The Hall–Kier alpha value is -3.41. The Morgan fingerprint density at radius 3 is 2.84 bits per heavy atom. The number of benzene rings is 1. The van der Waals surface area contributed by atoms with E-state index < -0.39 is 11.7 Å². The molecule has 1 aromatic heterocycles. The van der Waals surface area contributed by atoms with Gasteiger partial charge in [-0.1, -0.05) is 30.2 Å². The van der Waals surface area contributed by atoms with Gasteiger partial charge in [0.05, 0.1) is 6.04 Å². The molecule has 2 fully saturated rings. The average molecular weight is 511 g/mol. The number of hydrogen-bond acceptors (Lipinski definition) is 6. The van der Waals surface area contributed by atoms with Crippen LogP contribution in [0.15, 0.2) is 36.7 Å². The van der Waals surface area contributed by atoms with Crippen molar-refractivity contribution in [3.8, 4) is 12.0 Å². The lowest BCUT2D eigenvalue weighted by atomic mass is 9.94. The van der Waals surface area contributed by atoms with Crippen LogP contribution in [0.3, 0.4) is 0 Å². The lowest BCUT2D eigenvalue weighted by Gasteiger charge is -2.33. The van der Waals surface area contributed by atoms with Crippen molar-refractivity contribution in [3.63, 3.8) is 0 Å². The van der Waals surface area contributed by atoms with Crippen molar-refractivity contribution in [2.24, 2.45) is 5.92 Å². The Labute approximate surface area is 216 Å². The second kappa shape index (κ2) is 10.5. The molecule has 0 spiro atoms. The zero-order valence-corrected chi connectivity index (χ0v) is 21.1. The molecular weight excluding hydrogens is 477 g/mol. The predicted molar refractivity (Wildman–Crippen MR) is 139 cm³/mol. The summed E-state index contributed by atoms with van der Waals surface area (Å²) in [7, 11) is 0. The number of rotatable bonds is 8. The number of anilines is 3. The second-order valence-electron chi connectivity index (χ2n) is 10.3. The highest BCUT2D eigenvalue weighted by atomic mass is 19.4. The molecule has 196 valence electrons. The number of alkyl halides is 3. The molecule has 1 saturated carbocycles. The number of hydrogen-bond donors (Lipinski definition) is 3.